The third-order valence-electron chi connectivity index (χ3n) is 2.77. The van der Waals surface area contributed by atoms with E-state index in [-0.39, 0.29) is 6.04 Å². The Morgan fingerprint density at radius 1 is 1.33 bits per heavy atom. The molecule has 2 N–H and O–H groups in total. The molecule has 1 aromatic carbocycles. The van der Waals surface area contributed by atoms with Crippen LogP contribution < -0.4 is 5.73 Å². The summed E-state index contributed by atoms with van der Waals surface area (Å²) in [4.78, 5) is 4.59. The second-order valence-electron chi connectivity index (χ2n) is 3.72. The Labute approximate surface area is 89.9 Å². The summed E-state index contributed by atoms with van der Waals surface area (Å²) >= 11 is 0. The number of fused-ring (bicyclic) bond motifs is 1. The molecule has 3 nitrogen and oxygen atoms in total. The third-order valence-corrected chi connectivity index (χ3v) is 2.77. The summed E-state index contributed by atoms with van der Waals surface area (Å²) in [6.45, 7) is 5.13. The molecule has 15 heavy (non-hydrogen) atoms. The molecular formula is C12H17N3. The molecule has 0 radical (unpaired) electrons. The smallest absolute Gasteiger partial charge is 0.126 e. The molecule has 2 rings (SSSR count). The fourth-order valence-electron chi connectivity index (χ4n) is 1.89. The zero-order valence-corrected chi connectivity index (χ0v) is 9.27. The minimum absolute atomic E-state index is 0.0392. The van der Waals surface area contributed by atoms with Crippen LogP contribution in [0.2, 0.25) is 0 Å². The molecular weight excluding hydrogens is 186 g/mol. The Morgan fingerprint density at radius 3 is 2.73 bits per heavy atom. The Bertz CT molecular complexity index is 459. The second-order valence-corrected chi connectivity index (χ2v) is 3.72. The molecule has 0 amide bonds. The van der Waals surface area contributed by atoms with Crippen molar-refractivity contribution in [3.05, 3.63) is 30.1 Å². The van der Waals surface area contributed by atoms with E-state index < -0.39 is 0 Å². The summed E-state index contributed by atoms with van der Waals surface area (Å²) in [6.07, 6.45) is 0.920. The highest BCUT2D eigenvalue weighted by molar-refractivity contribution is 5.76. The molecule has 0 saturated carbocycles. The zero-order valence-electron chi connectivity index (χ0n) is 9.27. The van der Waals surface area contributed by atoms with Crippen molar-refractivity contribution in [1.29, 1.82) is 0 Å². The third kappa shape index (κ3) is 1.63. The van der Waals surface area contributed by atoms with Crippen LogP contribution in [0, 0.1) is 0 Å². The zero-order chi connectivity index (χ0) is 10.8. The average molecular weight is 203 g/mol. The van der Waals surface area contributed by atoms with Gasteiger partial charge < -0.3 is 10.3 Å². The minimum Gasteiger partial charge on any atom is -0.327 e. The molecule has 1 aromatic heterocycles. The number of benzene rings is 1. The maximum absolute atomic E-state index is 6.05. The summed E-state index contributed by atoms with van der Waals surface area (Å²) in [5.41, 5.74) is 8.27. The molecule has 2 aromatic rings. The molecule has 0 spiro atoms. The second kappa shape index (κ2) is 4.03. The van der Waals surface area contributed by atoms with Gasteiger partial charge in [0.1, 0.15) is 5.82 Å². The number of nitrogens with two attached hydrogens (primary N) is 1. The number of imidazole rings is 1. The fraction of sp³-hybridized carbons (Fsp3) is 0.417. The Morgan fingerprint density at radius 2 is 2.07 bits per heavy atom. The quantitative estimate of drug-likeness (QED) is 0.832. The van der Waals surface area contributed by atoms with Gasteiger partial charge in [-0.1, -0.05) is 19.1 Å². The lowest BCUT2D eigenvalue weighted by Gasteiger charge is -2.10. The maximum atomic E-state index is 6.05. The number of hydrogen-bond donors (Lipinski definition) is 1. The lowest BCUT2D eigenvalue weighted by atomic mass is 10.2. The first-order valence-electron chi connectivity index (χ1n) is 5.48. The first kappa shape index (κ1) is 10.2. The van der Waals surface area contributed by atoms with Gasteiger partial charge in [-0.2, -0.15) is 0 Å². The van der Waals surface area contributed by atoms with E-state index in [0.717, 1.165) is 24.3 Å². The molecule has 0 fully saturated rings. The molecule has 1 heterocycles. The Hall–Kier alpha value is -1.35. The van der Waals surface area contributed by atoms with E-state index in [1.165, 1.54) is 5.52 Å². The van der Waals surface area contributed by atoms with Crippen LogP contribution >= 0.6 is 0 Å². The standard InChI is InChI=1S/C12H17N3/c1-3-9(13)12-14-10-7-5-6-8-11(10)15(12)4-2/h5-9H,3-4,13H2,1-2H3. The number of aryl methyl sites for hydroxylation is 1. The van der Waals surface area contributed by atoms with Gasteiger partial charge >= 0.3 is 0 Å². The largest absolute Gasteiger partial charge is 0.327 e. The van der Waals surface area contributed by atoms with E-state index in [9.17, 15) is 0 Å². The van der Waals surface area contributed by atoms with Crippen molar-refractivity contribution in [3.8, 4) is 0 Å². The van der Waals surface area contributed by atoms with Crippen LogP contribution in [-0.2, 0) is 6.54 Å². The van der Waals surface area contributed by atoms with Crippen LogP contribution in [0.3, 0.4) is 0 Å². The molecule has 0 aliphatic rings. The topological polar surface area (TPSA) is 43.8 Å². The molecule has 1 unspecified atom stereocenters. The lowest BCUT2D eigenvalue weighted by molar-refractivity contribution is 0.597. The SMILES string of the molecule is CCC(N)c1nc2ccccc2n1CC. The highest BCUT2D eigenvalue weighted by Crippen LogP contribution is 2.20. The fourth-order valence-corrected chi connectivity index (χ4v) is 1.89. The van der Waals surface area contributed by atoms with Crippen molar-refractivity contribution < 1.29 is 0 Å². The van der Waals surface area contributed by atoms with Gasteiger partial charge in [-0.3, -0.25) is 0 Å². The first-order valence-corrected chi connectivity index (χ1v) is 5.48. The summed E-state index contributed by atoms with van der Waals surface area (Å²) in [5, 5.41) is 0. The average Bonchev–Trinajstić information content (AvgIpc) is 2.66. The van der Waals surface area contributed by atoms with Gasteiger partial charge in [-0.25, -0.2) is 4.98 Å². The number of rotatable bonds is 3. The van der Waals surface area contributed by atoms with Crippen LogP contribution in [0.15, 0.2) is 24.3 Å². The van der Waals surface area contributed by atoms with Crippen LogP contribution in [0.5, 0.6) is 0 Å². The predicted octanol–water partition coefficient (Wildman–Crippen LogP) is 2.47. The Balaban J connectivity index is 2.63. The highest BCUT2D eigenvalue weighted by atomic mass is 15.1. The molecule has 0 aliphatic carbocycles. The summed E-state index contributed by atoms with van der Waals surface area (Å²) < 4.78 is 2.20. The van der Waals surface area contributed by atoms with Gasteiger partial charge in [0, 0.05) is 6.54 Å². The van der Waals surface area contributed by atoms with E-state index in [1.54, 1.807) is 0 Å². The van der Waals surface area contributed by atoms with Crippen molar-refractivity contribution in [2.45, 2.75) is 32.9 Å². The summed E-state index contributed by atoms with van der Waals surface area (Å²) in [6, 6.07) is 8.22. The van der Waals surface area contributed by atoms with Crippen LogP contribution in [0.4, 0.5) is 0 Å². The summed E-state index contributed by atoms with van der Waals surface area (Å²) in [7, 11) is 0. The molecule has 3 heteroatoms. The number of aromatic nitrogens is 2. The van der Waals surface area contributed by atoms with Crippen molar-refractivity contribution in [2.75, 3.05) is 0 Å². The highest BCUT2D eigenvalue weighted by Gasteiger charge is 2.13. The predicted molar refractivity (Wildman–Crippen MR) is 62.6 cm³/mol. The van der Waals surface area contributed by atoms with Crippen molar-refractivity contribution >= 4 is 11.0 Å². The Kier molecular flexibility index (Phi) is 2.73. The van der Waals surface area contributed by atoms with E-state index in [1.807, 2.05) is 18.2 Å². The molecule has 80 valence electrons. The number of hydrogen-bond acceptors (Lipinski definition) is 2. The van der Waals surface area contributed by atoms with Crippen LogP contribution in [-0.4, -0.2) is 9.55 Å². The van der Waals surface area contributed by atoms with Gasteiger partial charge in [0.2, 0.25) is 0 Å². The molecule has 0 saturated heterocycles. The molecule has 1 atom stereocenters. The lowest BCUT2D eigenvalue weighted by Crippen LogP contribution is -2.15. The van der Waals surface area contributed by atoms with Crippen LogP contribution in [0.25, 0.3) is 11.0 Å². The summed E-state index contributed by atoms with van der Waals surface area (Å²) in [5.74, 6) is 1.00. The van der Waals surface area contributed by atoms with Crippen LogP contribution in [0.1, 0.15) is 32.1 Å². The van der Waals surface area contributed by atoms with Gasteiger partial charge in [0.25, 0.3) is 0 Å². The van der Waals surface area contributed by atoms with E-state index in [4.69, 9.17) is 5.73 Å². The minimum atomic E-state index is 0.0392. The van der Waals surface area contributed by atoms with Crippen molar-refractivity contribution in [3.63, 3.8) is 0 Å². The normalized spacial score (nSPS) is 13.3. The van der Waals surface area contributed by atoms with E-state index >= 15 is 0 Å². The van der Waals surface area contributed by atoms with E-state index in [0.29, 0.717) is 0 Å². The number of nitrogens with zero attached hydrogens (tertiary/aromatic N) is 2. The molecule has 0 aliphatic heterocycles. The van der Waals surface area contributed by atoms with Gasteiger partial charge in [0.15, 0.2) is 0 Å². The molecule has 0 bridgehead atoms. The van der Waals surface area contributed by atoms with Gasteiger partial charge in [-0.15, -0.1) is 0 Å². The van der Waals surface area contributed by atoms with Gasteiger partial charge in [-0.05, 0) is 25.5 Å². The monoisotopic (exact) mass is 203 g/mol. The maximum Gasteiger partial charge on any atom is 0.126 e. The van der Waals surface area contributed by atoms with Gasteiger partial charge in [0.05, 0.1) is 17.1 Å². The number of para-hydroxylation sites is 2. The van der Waals surface area contributed by atoms with Crippen molar-refractivity contribution in [1.82, 2.24) is 9.55 Å². The van der Waals surface area contributed by atoms with Crippen molar-refractivity contribution in [2.24, 2.45) is 5.73 Å². The van der Waals surface area contributed by atoms with E-state index in [2.05, 4.69) is 29.5 Å². The first-order chi connectivity index (χ1) is 7.27.